The van der Waals surface area contributed by atoms with E-state index in [1.807, 2.05) is 31.2 Å². The molecule has 1 aromatic heterocycles. The summed E-state index contributed by atoms with van der Waals surface area (Å²) in [4.78, 5) is 40.3. The molecule has 0 fully saturated rings. The average molecular weight is 494 g/mol. The number of carbonyl (C=O) groups excluding carboxylic acids is 2. The zero-order valence-electron chi connectivity index (χ0n) is 19.4. The summed E-state index contributed by atoms with van der Waals surface area (Å²) < 4.78 is 5.54. The van der Waals surface area contributed by atoms with Gasteiger partial charge < -0.3 is 20.5 Å². The van der Waals surface area contributed by atoms with Crippen molar-refractivity contribution in [1.82, 2.24) is 15.6 Å². The van der Waals surface area contributed by atoms with Gasteiger partial charge in [-0.3, -0.25) is 9.59 Å². The number of nitrogens with zero attached hydrogens (tertiary/aromatic N) is 1. The number of nitrogens with one attached hydrogen (secondary N) is 2. The summed E-state index contributed by atoms with van der Waals surface area (Å²) in [5.74, 6) is -1.21. The van der Waals surface area contributed by atoms with Gasteiger partial charge in [0.1, 0.15) is 12.3 Å². The third-order valence-corrected chi connectivity index (χ3v) is 6.89. The number of ether oxygens (including phenoxy) is 1. The van der Waals surface area contributed by atoms with Crippen LogP contribution in [0.1, 0.15) is 50.3 Å². The fourth-order valence-corrected chi connectivity index (χ4v) is 5.14. The van der Waals surface area contributed by atoms with Crippen LogP contribution < -0.4 is 10.6 Å². The van der Waals surface area contributed by atoms with E-state index in [4.69, 9.17) is 9.84 Å². The van der Waals surface area contributed by atoms with Gasteiger partial charge in [0, 0.05) is 36.7 Å². The Morgan fingerprint density at radius 3 is 2.31 bits per heavy atom. The van der Waals surface area contributed by atoms with Gasteiger partial charge in [0.2, 0.25) is 0 Å². The maximum Gasteiger partial charge on any atom is 0.407 e. The minimum absolute atomic E-state index is 0.00309. The number of carbonyl (C=O) groups is 3. The van der Waals surface area contributed by atoms with Gasteiger partial charge in [0.05, 0.1) is 5.01 Å². The van der Waals surface area contributed by atoms with Crippen molar-refractivity contribution in [2.45, 2.75) is 32.1 Å². The summed E-state index contributed by atoms with van der Waals surface area (Å²) in [6, 6.07) is 16.4. The number of aliphatic carboxylic acids is 1. The van der Waals surface area contributed by atoms with E-state index in [9.17, 15) is 14.4 Å². The minimum atomic E-state index is -0.893. The summed E-state index contributed by atoms with van der Waals surface area (Å²) in [6.45, 7) is 2.68. The summed E-state index contributed by atoms with van der Waals surface area (Å²) >= 11 is 1.40. The lowest BCUT2D eigenvalue weighted by Gasteiger charge is -2.14. The summed E-state index contributed by atoms with van der Waals surface area (Å²) in [6.07, 6.45) is 0.350. The number of hydrogen-bond donors (Lipinski definition) is 3. The Hall–Kier alpha value is -3.72. The number of alkyl carbamates (subject to hydrolysis) is 1. The van der Waals surface area contributed by atoms with E-state index in [1.165, 1.54) is 22.5 Å². The van der Waals surface area contributed by atoms with Crippen LogP contribution in [0.2, 0.25) is 0 Å². The number of hydrogen-bond acceptors (Lipinski definition) is 6. The number of aryl methyl sites for hydroxylation is 1. The number of thiazole rings is 1. The lowest BCUT2D eigenvalue weighted by molar-refractivity contribution is -0.137. The maximum absolute atomic E-state index is 12.3. The minimum Gasteiger partial charge on any atom is -0.481 e. The Balaban J connectivity index is 1.24. The van der Waals surface area contributed by atoms with Crippen molar-refractivity contribution in [2.24, 2.45) is 0 Å². The molecular weight excluding hydrogens is 466 g/mol. The zero-order chi connectivity index (χ0) is 24.8. The topological polar surface area (TPSA) is 118 Å². The first-order valence-electron chi connectivity index (χ1n) is 11.5. The molecule has 0 unspecified atom stereocenters. The van der Waals surface area contributed by atoms with Crippen LogP contribution in [-0.2, 0) is 16.0 Å². The molecule has 0 aliphatic heterocycles. The first-order chi connectivity index (χ1) is 16.9. The van der Waals surface area contributed by atoms with Crippen LogP contribution in [0, 0.1) is 6.92 Å². The fraction of sp³-hybridized carbons (Fsp3) is 0.308. The highest BCUT2D eigenvalue weighted by atomic mass is 32.1. The van der Waals surface area contributed by atoms with Crippen molar-refractivity contribution in [2.75, 3.05) is 19.7 Å². The summed E-state index contributed by atoms with van der Waals surface area (Å²) in [7, 11) is 0. The molecule has 4 rings (SSSR count). The molecule has 0 radical (unpaired) electrons. The molecule has 0 saturated carbocycles. The molecule has 0 atom stereocenters. The van der Waals surface area contributed by atoms with Gasteiger partial charge in [-0.05, 0) is 35.6 Å². The highest BCUT2D eigenvalue weighted by molar-refractivity contribution is 7.11. The van der Waals surface area contributed by atoms with Crippen LogP contribution in [0.25, 0.3) is 11.1 Å². The van der Waals surface area contributed by atoms with Crippen molar-refractivity contribution in [1.29, 1.82) is 0 Å². The quantitative estimate of drug-likeness (QED) is 0.366. The molecular formula is C26H27N3O5S. The molecule has 1 aliphatic rings. The van der Waals surface area contributed by atoms with Crippen molar-refractivity contribution in [3.63, 3.8) is 0 Å². The van der Waals surface area contributed by atoms with Gasteiger partial charge >= 0.3 is 12.1 Å². The standard InChI is InChI=1S/C26H27N3O5S/c1-16-24(25(32)27-13-6-11-23(30)31)29-22(35-16)12-14-28-26(33)34-15-21-19-9-4-2-7-17(19)18-8-3-5-10-20(18)21/h2-5,7-10,21H,6,11-15H2,1H3,(H,27,32)(H,28,33)(H,30,31). The lowest BCUT2D eigenvalue weighted by atomic mass is 9.98. The molecule has 1 aliphatic carbocycles. The van der Waals surface area contributed by atoms with Crippen LogP contribution in [0.5, 0.6) is 0 Å². The first-order valence-corrected chi connectivity index (χ1v) is 12.3. The molecule has 0 spiro atoms. The van der Waals surface area contributed by atoms with Gasteiger partial charge in [0.15, 0.2) is 0 Å². The summed E-state index contributed by atoms with van der Waals surface area (Å²) in [5, 5.41) is 14.9. The van der Waals surface area contributed by atoms with Crippen LogP contribution in [0.4, 0.5) is 4.79 Å². The predicted octanol–water partition coefficient (Wildman–Crippen LogP) is 4.13. The summed E-state index contributed by atoms with van der Waals surface area (Å²) in [5.41, 5.74) is 5.01. The lowest BCUT2D eigenvalue weighted by Crippen LogP contribution is -2.28. The Labute approximate surface area is 207 Å². The van der Waals surface area contributed by atoms with Crippen LogP contribution >= 0.6 is 11.3 Å². The molecule has 3 N–H and O–H groups in total. The Morgan fingerprint density at radius 1 is 1.00 bits per heavy atom. The highest BCUT2D eigenvalue weighted by Crippen LogP contribution is 2.44. The molecule has 3 aromatic rings. The van der Waals surface area contributed by atoms with Crippen LogP contribution in [-0.4, -0.2) is 47.8 Å². The molecule has 0 saturated heterocycles. The number of benzene rings is 2. The molecule has 0 bridgehead atoms. The average Bonchev–Trinajstić information content (AvgIpc) is 3.38. The number of aromatic nitrogens is 1. The van der Waals surface area contributed by atoms with Crippen molar-refractivity contribution in [3.05, 3.63) is 75.2 Å². The van der Waals surface area contributed by atoms with E-state index in [-0.39, 0.29) is 31.4 Å². The molecule has 8 nitrogen and oxygen atoms in total. The monoisotopic (exact) mass is 493 g/mol. The van der Waals surface area contributed by atoms with E-state index < -0.39 is 12.1 Å². The Kier molecular flexibility index (Phi) is 7.77. The van der Waals surface area contributed by atoms with Gasteiger partial charge in [0.25, 0.3) is 5.91 Å². The SMILES string of the molecule is Cc1sc(CCNC(=O)OCC2c3ccccc3-c3ccccc32)nc1C(=O)NCCCC(=O)O. The number of carboxylic acid groups (broad SMARTS) is 1. The molecule has 182 valence electrons. The van der Waals surface area contributed by atoms with Crippen LogP contribution in [0.15, 0.2) is 48.5 Å². The van der Waals surface area contributed by atoms with Crippen molar-refractivity contribution in [3.8, 4) is 11.1 Å². The molecule has 2 amide bonds. The van der Waals surface area contributed by atoms with E-state index in [2.05, 4.69) is 39.9 Å². The normalized spacial score (nSPS) is 12.0. The van der Waals surface area contributed by atoms with Gasteiger partial charge in [-0.15, -0.1) is 11.3 Å². The smallest absolute Gasteiger partial charge is 0.407 e. The number of carboxylic acids is 1. The van der Waals surface area contributed by atoms with Crippen molar-refractivity contribution < 1.29 is 24.2 Å². The van der Waals surface area contributed by atoms with Gasteiger partial charge in [-0.25, -0.2) is 9.78 Å². The Bertz CT molecular complexity index is 1190. The van der Waals surface area contributed by atoms with Crippen LogP contribution in [0.3, 0.4) is 0 Å². The largest absolute Gasteiger partial charge is 0.481 e. The number of fused-ring (bicyclic) bond motifs is 3. The van der Waals surface area contributed by atoms with Crippen molar-refractivity contribution >= 4 is 29.3 Å². The van der Waals surface area contributed by atoms with E-state index in [1.54, 1.807) is 0 Å². The number of amides is 2. The number of rotatable bonds is 10. The predicted molar refractivity (Wildman–Crippen MR) is 133 cm³/mol. The molecule has 1 heterocycles. The molecule has 2 aromatic carbocycles. The molecule has 35 heavy (non-hydrogen) atoms. The van der Waals surface area contributed by atoms with Gasteiger partial charge in [-0.1, -0.05) is 48.5 Å². The Morgan fingerprint density at radius 2 is 1.66 bits per heavy atom. The fourth-order valence-electron chi connectivity index (χ4n) is 4.22. The second-order valence-corrected chi connectivity index (χ2v) is 9.56. The van der Waals surface area contributed by atoms with E-state index >= 15 is 0 Å². The second-order valence-electron chi connectivity index (χ2n) is 8.27. The van der Waals surface area contributed by atoms with E-state index in [0.717, 1.165) is 21.0 Å². The second kappa shape index (κ2) is 11.1. The maximum atomic E-state index is 12.3. The third-order valence-electron chi connectivity index (χ3n) is 5.86. The highest BCUT2D eigenvalue weighted by Gasteiger charge is 2.29. The van der Waals surface area contributed by atoms with E-state index in [0.29, 0.717) is 25.1 Å². The molecule has 9 heteroatoms. The zero-order valence-corrected chi connectivity index (χ0v) is 20.2. The van der Waals surface area contributed by atoms with Gasteiger partial charge in [-0.2, -0.15) is 0 Å². The first kappa shape index (κ1) is 24.4. The third kappa shape index (κ3) is 5.86.